The molecule has 5 heteroatoms. The third-order valence-electron chi connectivity index (χ3n) is 6.30. The summed E-state index contributed by atoms with van der Waals surface area (Å²) in [7, 11) is 1.67. The zero-order valence-corrected chi connectivity index (χ0v) is 17.6. The number of methoxy groups -OCH3 is 1. The smallest absolute Gasteiger partial charge is 0.306 e. The second kappa shape index (κ2) is 11.2. The number of esters is 2. The summed E-state index contributed by atoms with van der Waals surface area (Å²) in [4.78, 5) is 24.0. The zero-order valence-electron chi connectivity index (χ0n) is 17.6. The summed E-state index contributed by atoms with van der Waals surface area (Å²) < 4.78 is 16.1. The molecule has 0 bridgehead atoms. The number of rotatable bonds is 8. The number of ether oxygens (including phenoxy) is 3. The van der Waals surface area contributed by atoms with Crippen molar-refractivity contribution in [2.45, 2.75) is 82.7 Å². The molecule has 1 aromatic rings. The molecule has 0 atom stereocenters. The second-order valence-corrected chi connectivity index (χ2v) is 8.42. The lowest BCUT2D eigenvalue weighted by Gasteiger charge is -2.28. The number of carbonyl (C=O) groups is 2. The molecule has 0 N–H and O–H groups in total. The first-order valence-electron chi connectivity index (χ1n) is 11.1. The van der Waals surface area contributed by atoms with E-state index in [2.05, 4.69) is 12.1 Å². The maximum atomic E-state index is 12.1. The zero-order chi connectivity index (χ0) is 20.5. The Balaban J connectivity index is 1.30. The molecule has 0 heterocycles. The van der Waals surface area contributed by atoms with Gasteiger partial charge in [-0.1, -0.05) is 31.4 Å². The van der Waals surface area contributed by atoms with Crippen molar-refractivity contribution in [3.63, 3.8) is 0 Å². The molecule has 2 fully saturated rings. The molecular formula is C24H34O5. The molecule has 3 rings (SSSR count). The molecule has 0 spiro atoms. The molecule has 0 radical (unpaired) electrons. The molecule has 2 aliphatic rings. The highest BCUT2D eigenvalue weighted by Crippen LogP contribution is 2.34. The Morgan fingerprint density at radius 3 is 2.17 bits per heavy atom. The van der Waals surface area contributed by atoms with E-state index >= 15 is 0 Å². The second-order valence-electron chi connectivity index (χ2n) is 8.42. The van der Waals surface area contributed by atoms with Gasteiger partial charge in [-0.25, -0.2) is 0 Å². The Morgan fingerprint density at radius 1 is 0.862 bits per heavy atom. The molecule has 0 aromatic heterocycles. The van der Waals surface area contributed by atoms with Gasteiger partial charge in [0.05, 0.1) is 26.6 Å². The van der Waals surface area contributed by atoms with Crippen LogP contribution in [0, 0.1) is 5.92 Å². The highest BCUT2D eigenvalue weighted by atomic mass is 16.5. The third-order valence-corrected chi connectivity index (χ3v) is 6.30. The first kappa shape index (κ1) is 21.7. The number of benzene rings is 1. The van der Waals surface area contributed by atoms with Crippen LogP contribution >= 0.6 is 0 Å². The van der Waals surface area contributed by atoms with Gasteiger partial charge in [0.1, 0.15) is 11.9 Å². The summed E-state index contributed by atoms with van der Waals surface area (Å²) in [5.74, 6) is 1.31. The van der Waals surface area contributed by atoms with Crippen molar-refractivity contribution in [2.75, 3.05) is 13.7 Å². The summed E-state index contributed by atoms with van der Waals surface area (Å²) >= 11 is 0. The van der Waals surface area contributed by atoms with Crippen molar-refractivity contribution in [3.8, 4) is 5.75 Å². The lowest BCUT2D eigenvalue weighted by molar-refractivity contribution is -0.155. The van der Waals surface area contributed by atoms with Crippen molar-refractivity contribution < 1.29 is 23.8 Å². The molecule has 0 unspecified atom stereocenters. The maximum absolute atomic E-state index is 12.1. The van der Waals surface area contributed by atoms with E-state index in [-0.39, 0.29) is 30.9 Å². The monoisotopic (exact) mass is 402 g/mol. The maximum Gasteiger partial charge on any atom is 0.306 e. The van der Waals surface area contributed by atoms with Gasteiger partial charge in [-0.15, -0.1) is 0 Å². The van der Waals surface area contributed by atoms with Crippen molar-refractivity contribution in [1.29, 1.82) is 0 Å². The minimum absolute atomic E-state index is 0.0322. The Hall–Kier alpha value is -2.04. The van der Waals surface area contributed by atoms with Crippen LogP contribution < -0.4 is 4.74 Å². The van der Waals surface area contributed by atoms with Gasteiger partial charge in [0.25, 0.3) is 0 Å². The molecule has 29 heavy (non-hydrogen) atoms. The van der Waals surface area contributed by atoms with Crippen LogP contribution in [0.1, 0.15) is 82.1 Å². The molecule has 1 aromatic carbocycles. The Labute approximate surface area is 174 Å². The SMILES string of the molecule is COc1ccc(C2CCC(OC(=O)CCC(=O)OCC3CCCCC3)CC2)cc1. The third kappa shape index (κ3) is 7.06. The lowest BCUT2D eigenvalue weighted by Crippen LogP contribution is -2.24. The van der Waals surface area contributed by atoms with E-state index in [9.17, 15) is 9.59 Å². The summed E-state index contributed by atoms with van der Waals surface area (Å²) in [5.41, 5.74) is 1.32. The van der Waals surface area contributed by atoms with E-state index in [1.165, 1.54) is 24.8 Å². The van der Waals surface area contributed by atoms with E-state index in [0.29, 0.717) is 18.4 Å². The fraction of sp³-hybridized carbons (Fsp3) is 0.667. The number of hydrogen-bond acceptors (Lipinski definition) is 5. The fourth-order valence-electron chi connectivity index (χ4n) is 4.48. The van der Waals surface area contributed by atoms with Gasteiger partial charge in [-0.3, -0.25) is 9.59 Å². The van der Waals surface area contributed by atoms with Crippen LogP contribution in [0.5, 0.6) is 5.75 Å². The highest BCUT2D eigenvalue weighted by molar-refractivity contribution is 5.77. The average Bonchev–Trinajstić information content (AvgIpc) is 2.77. The van der Waals surface area contributed by atoms with Crippen molar-refractivity contribution in [2.24, 2.45) is 5.92 Å². The minimum atomic E-state index is -0.285. The van der Waals surface area contributed by atoms with Gasteiger partial charge in [0.15, 0.2) is 0 Å². The van der Waals surface area contributed by atoms with Crippen LogP contribution in [0.2, 0.25) is 0 Å². The van der Waals surface area contributed by atoms with Gasteiger partial charge in [-0.05, 0) is 68.1 Å². The quantitative estimate of drug-likeness (QED) is 0.562. The minimum Gasteiger partial charge on any atom is -0.497 e. The van der Waals surface area contributed by atoms with E-state index in [0.717, 1.165) is 44.3 Å². The predicted octanol–water partition coefficient (Wildman–Crippen LogP) is 5.17. The van der Waals surface area contributed by atoms with Crippen LogP contribution in [0.4, 0.5) is 0 Å². The van der Waals surface area contributed by atoms with Gasteiger partial charge >= 0.3 is 11.9 Å². The standard InChI is InChI=1S/C24H34O5/c1-27-21-11-7-19(8-12-21)20-9-13-22(14-10-20)29-24(26)16-15-23(25)28-17-18-5-3-2-4-6-18/h7-8,11-12,18,20,22H,2-6,9-10,13-17H2,1H3. The van der Waals surface area contributed by atoms with Crippen molar-refractivity contribution in [3.05, 3.63) is 29.8 Å². The Morgan fingerprint density at radius 2 is 1.52 bits per heavy atom. The first-order chi connectivity index (χ1) is 14.1. The number of carbonyl (C=O) groups excluding carboxylic acids is 2. The van der Waals surface area contributed by atoms with Crippen LogP contribution in [0.25, 0.3) is 0 Å². The lowest BCUT2D eigenvalue weighted by atomic mass is 9.83. The van der Waals surface area contributed by atoms with Crippen molar-refractivity contribution in [1.82, 2.24) is 0 Å². The molecule has 5 nitrogen and oxygen atoms in total. The fourth-order valence-corrected chi connectivity index (χ4v) is 4.48. The molecule has 2 aliphatic carbocycles. The van der Waals surface area contributed by atoms with Crippen LogP contribution in [-0.2, 0) is 19.1 Å². The molecule has 0 aliphatic heterocycles. The van der Waals surface area contributed by atoms with Gasteiger partial charge < -0.3 is 14.2 Å². The van der Waals surface area contributed by atoms with Gasteiger partial charge in [0.2, 0.25) is 0 Å². The van der Waals surface area contributed by atoms with E-state index in [1.807, 2.05) is 12.1 Å². The molecule has 160 valence electrons. The molecule has 2 saturated carbocycles. The summed E-state index contributed by atoms with van der Waals surface area (Å²) in [5, 5.41) is 0. The van der Waals surface area contributed by atoms with Crippen LogP contribution in [0.3, 0.4) is 0 Å². The van der Waals surface area contributed by atoms with E-state index in [1.54, 1.807) is 7.11 Å². The van der Waals surface area contributed by atoms with Crippen LogP contribution in [-0.4, -0.2) is 31.8 Å². The highest BCUT2D eigenvalue weighted by Gasteiger charge is 2.25. The molecule has 0 amide bonds. The largest absolute Gasteiger partial charge is 0.497 e. The molecule has 0 saturated heterocycles. The topological polar surface area (TPSA) is 61.8 Å². The summed E-state index contributed by atoms with van der Waals surface area (Å²) in [6, 6.07) is 8.23. The number of hydrogen-bond donors (Lipinski definition) is 0. The molecular weight excluding hydrogens is 368 g/mol. The van der Waals surface area contributed by atoms with Crippen LogP contribution in [0.15, 0.2) is 24.3 Å². The normalized spacial score (nSPS) is 22.7. The average molecular weight is 403 g/mol. The summed E-state index contributed by atoms with van der Waals surface area (Å²) in [6.07, 6.45) is 10.0. The first-order valence-corrected chi connectivity index (χ1v) is 11.1. The van der Waals surface area contributed by atoms with E-state index < -0.39 is 0 Å². The predicted molar refractivity (Wildman–Crippen MR) is 111 cm³/mol. The Bertz CT molecular complexity index is 640. The van der Waals surface area contributed by atoms with Crippen molar-refractivity contribution >= 4 is 11.9 Å². The Kier molecular flexibility index (Phi) is 8.38. The van der Waals surface area contributed by atoms with E-state index in [4.69, 9.17) is 14.2 Å². The van der Waals surface area contributed by atoms with Gasteiger partial charge in [0, 0.05) is 0 Å². The van der Waals surface area contributed by atoms with Gasteiger partial charge in [-0.2, -0.15) is 0 Å². The summed E-state index contributed by atoms with van der Waals surface area (Å²) in [6.45, 7) is 0.503.